The molecule has 0 aliphatic carbocycles. The van der Waals surface area contributed by atoms with Crippen molar-refractivity contribution in [3.05, 3.63) is 29.6 Å². The number of pyridine rings is 1. The van der Waals surface area contributed by atoms with Crippen molar-refractivity contribution in [3.8, 4) is 0 Å². The summed E-state index contributed by atoms with van der Waals surface area (Å²) in [5, 5.41) is 3.59. The fourth-order valence-electron chi connectivity index (χ4n) is 2.84. The van der Waals surface area contributed by atoms with Gasteiger partial charge >= 0.3 is 0 Å². The summed E-state index contributed by atoms with van der Waals surface area (Å²) in [6.07, 6.45) is 5.14. The smallest absolute Gasteiger partial charge is 0.0315 e. The highest BCUT2D eigenvalue weighted by atomic mass is 15.1. The number of likely N-dealkylation sites (tertiary alicyclic amines) is 1. The Kier molecular flexibility index (Phi) is 4.72. The van der Waals surface area contributed by atoms with E-state index in [-0.39, 0.29) is 0 Å². The minimum atomic E-state index is 0.696. The lowest BCUT2D eigenvalue weighted by molar-refractivity contribution is 0.142. The molecular weight excluding hydrogens is 222 g/mol. The maximum absolute atomic E-state index is 4.24. The van der Waals surface area contributed by atoms with Crippen molar-refractivity contribution in [1.82, 2.24) is 15.2 Å². The maximum Gasteiger partial charge on any atom is 0.0315 e. The van der Waals surface area contributed by atoms with Crippen LogP contribution in [0.5, 0.6) is 0 Å². The van der Waals surface area contributed by atoms with E-state index < -0.39 is 0 Å². The van der Waals surface area contributed by atoms with Crippen LogP contribution < -0.4 is 5.32 Å². The van der Waals surface area contributed by atoms with Gasteiger partial charge in [0.2, 0.25) is 0 Å². The van der Waals surface area contributed by atoms with Gasteiger partial charge in [-0.2, -0.15) is 0 Å². The summed E-state index contributed by atoms with van der Waals surface area (Å²) in [6, 6.07) is 2.80. The normalized spacial score (nSPS) is 25.3. The Balaban J connectivity index is 1.91. The van der Waals surface area contributed by atoms with Gasteiger partial charge in [-0.3, -0.25) is 9.88 Å². The lowest BCUT2D eigenvalue weighted by Gasteiger charge is -2.37. The number of aromatic nitrogens is 1. The van der Waals surface area contributed by atoms with Gasteiger partial charge in [0.1, 0.15) is 0 Å². The van der Waals surface area contributed by atoms with Crippen LogP contribution in [0.2, 0.25) is 0 Å². The molecule has 2 rings (SSSR count). The molecule has 0 saturated carbocycles. The molecule has 0 spiro atoms. The fourth-order valence-corrected chi connectivity index (χ4v) is 2.84. The van der Waals surface area contributed by atoms with E-state index in [0.717, 1.165) is 19.0 Å². The van der Waals surface area contributed by atoms with Crippen molar-refractivity contribution in [3.63, 3.8) is 0 Å². The predicted octanol–water partition coefficient (Wildman–Crippen LogP) is 2.21. The van der Waals surface area contributed by atoms with E-state index in [9.17, 15) is 0 Å². The summed E-state index contributed by atoms with van der Waals surface area (Å²) < 4.78 is 0. The van der Waals surface area contributed by atoms with Crippen molar-refractivity contribution in [2.75, 3.05) is 19.6 Å². The highest BCUT2D eigenvalue weighted by molar-refractivity contribution is 5.21. The van der Waals surface area contributed by atoms with Gasteiger partial charge in [0.05, 0.1) is 0 Å². The largest absolute Gasteiger partial charge is 0.314 e. The molecule has 1 aliphatic rings. The number of rotatable bonds is 4. The van der Waals surface area contributed by atoms with Gasteiger partial charge < -0.3 is 5.32 Å². The van der Waals surface area contributed by atoms with Crippen molar-refractivity contribution < 1.29 is 0 Å². The zero-order valence-corrected chi connectivity index (χ0v) is 11.8. The van der Waals surface area contributed by atoms with Gasteiger partial charge in [0.25, 0.3) is 0 Å². The molecule has 2 heterocycles. The highest BCUT2D eigenvalue weighted by Gasteiger charge is 2.25. The van der Waals surface area contributed by atoms with E-state index in [1.807, 2.05) is 12.4 Å². The number of aryl methyl sites for hydroxylation is 1. The van der Waals surface area contributed by atoms with Crippen molar-refractivity contribution in [2.45, 2.75) is 39.8 Å². The zero-order valence-electron chi connectivity index (χ0n) is 11.8. The molecule has 18 heavy (non-hydrogen) atoms. The number of nitrogens with zero attached hydrogens (tertiary/aromatic N) is 2. The second-order valence-electron chi connectivity index (χ2n) is 5.47. The molecule has 3 heteroatoms. The summed E-state index contributed by atoms with van der Waals surface area (Å²) >= 11 is 0. The summed E-state index contributed by atoms with van der Waals surface area (Å²) in [4.78, 5) is 6.79. The number of nitrogens with one attached hydrogen (secondary N) is 1. The summed E-state index contributed by atoms with van der Waals surface area (Å²) in [6.45, 7) is 11.2. The molecule has 1 aromatic heterocycles. The maximum atomic E-state index is 4.24. The van der Waals surface area contributed by atoms with E-state index in [1.54, 1.807) is 0 Å². The second-order valence-corrected chi connectivity index (χ2v) is 5.47. The third kappa shape index (κ3) is 3.30. The van der Waals surface area contributed by atoms with Gasteiger partial charge in [-0.15, -0.1) is 0 Å². The zero-order chi connectivity index (χ0) is 13.0. The van der Waals surface area contributed by atoms with Crippen molar-refractivity contribution in [1.29, 1.82) is 0 Å². The molecular formula is C15H25N3. The van der Waals surface area contributed by atoms with Crippen LogP contribution in [0.15, 0.2) is 18.5 Å². The number of piperidine rings is 1. The first kappa shape index (κ1) is 13.5. The van der Waals surface area contributed by atoms with E-state index in [0.29, 0.717) is 6.04 Å². The van der Waals surface area contributed by atoms with Crippen LogP contribution in [0, 0.1) is 12.8 Å². The van der Waals surface area contributed by atoms with Crippen LogP contribution in [0.3, 0.4) is 0 Å². The van der Waals surface area contributed by atoms with Gasteiger partial charge in [-0.25, -0.2) is 0 Å². The summed E-state index contributed by atoms with van der Waals surface area (Å²) in [7, 11) is 0. The second kappa shape index (κ2) is 6.30. The first-order valence-electron chi connectivity index (χ1n) is 7.06. The highest BCUT2D eigenvalue weighted by Crippen LogP contribution is 2.19. The van der Waals surface area contributed by atoms with E-state index in [2.05, 4.69) is 42.0 Å². The van der Waals surface area contributed by atoms with E-state index in [1.165, 1.54) is 30.6 Å². The lowest BCUT2D eigenvalue weighted by atomic mass is 9.93. The molecule has 2 atom stereocenters. The molecule has 1 aromatic rings. The minimum Gasteiger partial charge on any atom is -0.314 e. The molecule has 0 radical (unpaired) electrons. The quantitative estimate of drug-likeness (QED) is 0.884. The van der Waals surface area contributed by atoms with Crippen LogP contribution in [0.25, 0.3) is 0 Å². The minimum absolute atomic E-state index is 0.696. The van der Waals surface area contributed by atoms with Crippen LogP contribution in [0.4, 0.5) is 0 Å². The topological polar surface area (TPSA) is 28.2 Å². The van der Waals surface area contributed by atoms with Gasteiger partial charge in [0.15, 0.2) is 0 Å². The summed E-state index contributed by atoms with van der Waals surface area (Å²) in [5.74, 6) is 0.732. The average molecular weight is 247 g/mol. The van der Waals surface area contributed by atoms with Gasteiger partial charge in [0, 0.05) is 31.5 Å². The summed E-state index contributed by atoms with van der Waals surface area (Å²) in [5.41, 5.74) is 2.72. The Morgan fingerprint density at radius 3 is 3.00 bits per heavy atom. The van der Waals surface area contributed by atoms with Gasteiger partial charge in [-0.05, 0) is 49.5 Å². The SMILES string of the molecule is CCNC1CCN(Cc2cnccc2C)CC1C. The molecule has 3 nitrogen and oxygen atoms in total. The molecule has 1 aliphatic heterocycles. The Labute approximate surface area is 111 Å². The van der Waals surface area contributed by atoms with Crippen LogP contribution in [-0.4, -0.2) is 35.6 Å². The Morgan fingerprint density at radius 2 is 2.33 bits per heavy atom. The number of hydrogen-bond donors (Lipinski definition) is 1. The Bertz CT molecular complexity index is 378. The first-order chi connectivity index (χ1) is 8.70. The van der Waals surface area contributed by atoms with E-state index >= 15 is 0 Å². The third-order valence-electron chi connectivity index (χ3n) is 4.00. The van der Waals surface area contributed by atoms with Gasteiger partial charge in [-0.1, -0.05) is 13.8 Å². The van der Waals surface area contributed by atoms with Crippen LogP contribution in [-0.2, 0) is 6.54 Å². The van der Waals surface area contributed by atoms with Crippen LogP contribution >= 0.6 is 0 Å². The number of hydrogen-bond acceptors (Lipinski definition) is 3. The molecule has 2 unspecified atom stereocenters. The molecule has 100 valence electrons. The molecule has 0 aromatic carbocycles. The average Bonchev–Trinajstić information content (AvgIpc) is 2.36. The molecule has 0 amide bonds. The van der Waals surface area contributed by atoms with Crippen molar-refractivity contribution in [2.24, 2.45) is 5.92 Å². The van der Waals surface area contributed by atoms with E-state index in [4.69, 9.17) is 0 Å². The Morgan fingerprint density at radius 1 is 1.50 bits per heavy atom. The predicted molar refractivity (Wildman–Crippen MR) is 75.5 cm³/mol. The fraction of sp³-hybridized carbons (Fsp3) is 0.667. The molecule has 1 N–H and O–H groups in total. The monoisotopic (exact) mass is 247 g/mol. The van der Waals surface area contributed by atoms with Crippen molar-refractivity contribution >= 4 is 0 Å². The molecule has 0 bridgehead atoms. The lowest BCUT2D eigenvalue weighted by Crippen LogP contribution is -2.47. The third-order valence-corrected chi connectivity index (χ3v) is 4.00. The standard InChI is InChI=1S/C15H25N3/c1-4-17-15-6-8-18(10-13(15)3)11-14-9-16-7-5-12(14)2/h5,7,9,13,15,17H,4,6,8,10-11H2,1-3H3. The Hall–Kier alpha value is -0.930. The molecule has 1 saturated heterocycles. The van der Waals surface area contributed by atoms with Crippen LogP contribution in [0.1, 0.15) is 31.4 Å². The first-order valence-corrected chi connectivity index (χ1v) is 7.06. The molecule has 1 fully saturated rings.